The lowest BCUT2D eigenvalue weighted by Crippen LogP contribution is -3.06. The zero-order chi connectivity index (χ0) is 92.4. The van der Waals surface area contributed by atoms with Crippen LogP contribution in [0.15, 0.2) is 36.0 Å². The van der Waals surface area contributed by atoms with Gasteiger partial charge in [-0.1, -0.05) is 387 Å². The van der Waals surface area contributed by atoms with Crippen molar-refractivity contribution >= 4 is 29.8 Å². The molecule has 0 aliphatic heterocycles. The fourth-order valence-electron chi connectivity index (χ4n) is 15.7. The summed E-state index contributed by atoms with van der Waals surface area (Å²) in [5.41, 5.74) is 1.77. The minimum Gasteiger partial charge on any atom is -0.550 e. The number of ether oxygens (including phenoxy) is 2. The van der Waals surface area contributed by atoms with E-state index in [2.05, 4.69) is 128 Å². The number of carboxylic acid groups (broad SMARTS) is 5. The molecule has 0 saturated heterocycles. The van der Waals surface area contributed by atoms with Crippen molar-refractivity contribution in [2.75, 3.05) is 88.3 Å². The van der Waals surface area contributed by atoms with Crippen LogP contribution in [0.1, 0.15) is 524 Å². The standard InChI is InChI=1S/C53H100O6.2C18H34O2.2C7H17NO.C5H13N/c1-4-7-10-13-21-29-38-47(40-31-23-15-17-26-35-44-51(54)55)49(42-33-20-12-9-6-3)50(43-34-25-19-28-37-46-53(58)59)48(39-30-22-14-11-8-5-2)41-32-24-16-18-27-36-45-52(56)57;2*1-2-3-4-5-6-7-8-9-10-11-12-13-14-15-16-17-18(19)20;2*1-4-6-9-7-5-8(2)3;1-4-5-6(2)3/h40,48-50H,4-39,41-46H2,1-3H3,(H,54,55)(H,56,57)(H,58,59);2*9-10H,2-8,11-17H2,1H3,(H,19,20);2*4-7H2,1-3H3;4-5H2,1-3H3/b47-40-;2*10-9-;;;. The molecule has 0 spiro atoms. The van der Waals surface area contributed by atoms with Gasteiger partial charge in [-0.25, -0.2) is 0 Å². The first kappa shape index (κ1) is 130. The molecule has 123 heavy (non-hydrogen) atoms. The van der Waals surface area contributed by atoms with E-state index in [0.717, 1.165) is 161 Å². The van der Waals surface area contributed by atoms with Gasteiger partial charge in [0.05, 0.1) is 62.0 Å². The molecule has 0 fully saturated rings. The monoisotopic (exact) mass is 1750 g/mol. The lowest BCUT2D eigenvalue weighted by atomic mass is 9.68. The predicted molar refractivity (Wildman–Crippen MR) is 524 cm³/mol. The lowest BCUT2D eigenvalue weighted by Gasteiger charge is -2.37. The number of nitrogens with one attached hydrogen (secondary N) is 3. The van der Waals surface area contributed by atoms with Crippen LogP contribution in [0.25, 0.3) is 0 Å². The van der Waals surface area contributed by atoms with Crippen LogP contribution < -0.4 is 30.0 Å². The Hall–Kier alpha value is -3.63. The molecule has 0 radical (unpaired) electrons. The van der Waals surface area contributed by atoms with Gasteiger partial charge in [0.2, 0.25) is 0 Å². The minimum atomic E-state index is -0.924. The maximum absolute atomic E-state index is 11.2. The summed E-state index contributed by atoms with van der Waals surface area (Å²) in [7, 11) is 12.9. The Morgan fingerprint density at radius 2 is 0.504 bits per heavy atom. The average Bonchev–Trinajstić information content (AvgIpc) is 0.841. The summed E-state index contributed by atoms with van der Waals surface area (Å²) in [5.74, 6) is -2.04. The molecule has 734 valence electrons. The number of unbranched alkanes of at least 4 members (excludes halogenated alkanes) is 50. The Balaban J connectivity index is -0.000000427. The molecule has 15 heteroatoms. The number of likely N-dealkylation sites (N-methyl/N-ethyl adjacent to an activating group) is 2. The largest absolute Gasteiger partial charge is 0.550 e. The molecule has 3 unspecified atom stereocenters. The van der Waals surface area contributed by atoms with Crippen LogP contribution >= 0.6 is 0 Å². The second-order valence-electron chi connectivity index (χ2n) is 37.0. The van der Waals surface area contributed by atoms with Crippen molar-refractivity contribution < 1.29 is 73.7 Å². The number of carbonyl (C=O) groups excluding carboxylic acids is 3. The van der Waals surface area contributed by atoms with E-state index in [1.54, 1.807) is 5.57 Å². The zero-order valence-corrected chi connectivity index (χ0v) is 84.7. The molecule has 3 atom stereocenters. The summed E-state index contributed by atoms with van der Waals surface area (Å²) in [5, 5.41) is 49.6. The molecule has 0 heterocycles. The quantitative estimate of drug-likeness (QED) is 0.0283. The summed E-state index contributed by atoms with van der Waals surface area (Å²) >= 11 is 0. The molecule has 0 aromatic carbocycles. The van der Waals surface area contributed by atoms with Crippen molar-refractivity contribution in [3.8, 4) is 0 Å². The number of carboxylic acids is 5. The summed E-state index contributed by atoms with van der Waals surface area (Å²) in [4.78, 5) is 58.0. The van der Waals surface area contributed by atoms with E-state index in [1.807, 2.05) is 0 Å². The molecule has 15 nitrogen and oxygen atoms in total. The minimum absolute atomic E-state index is 0.183. The highest BCUT2D eigenvalue weighted by Crippen LogP contribution is 2.42. The third-order valence-corrected chi connectivity index (χ3v) is 23.3. The highest BCUT2D eigenvalue weighted by Gasteiger charge is 2.31. The third kappa shape index (κ3) is 127. The number of aliphatic carboxylic acids is 5. The van der Waals surface area contributed by atoms with Crippen molar-refractivity contribution in [3.05, 3.63) is 36.0 Å². The zero-order valence-electron chi connectivity index (χ0n) is 84.7. The van der Waals surface area contributed by atoms with Gasteiger partial charge >= 0.3 is 11.9 Å². The van der Waals surface area contributed by atoms with E-state index in [1.165, 1.54) is 342 Å². The number of hydrogen-bond acceptors (Lipinski definition) is 10. The van der Waals surface area contributed by atoms with Gasteiger partial charge in [-0.2, -0.15) is 0 Å². The molecule has 0 aliphatic rings. The van der Waals surface area contributed by atoms with E-state index in [0.29, 0.717) is 11.8 Å². The Morgan fingerprint density at radius 3 is 0.764 bits per heavy atom. The Bertz CT molecular complexity index is 2100. The van der Waals surface area contributed by atoms with Gasteiger partial charge in [0.25, 0.3) is 0 Å². The predicted octanol–water partition coefficient (Wildman–Crippen LogP) is 24.3. The molecular formula is C108H215N3O12. The van der Waals surface area contributed by atoms with E-state index in [-0.39, 0.29) is 32.1 Å². The second-order valence-corrected chi connectivity index (χ2v) is 37.0. The average molecular weight is 1750 g/mol. The Labute approximate surface area is 765 Å². The first-order valence-corrected chi connectivity index (χ1v) is 53.2. The summed E-state index contributed by atoms with van der Waals surface area (Å²) in [6, 6.07) is 0. The third-order valence-electron chi connectivity index (χ3n) is 23.3. The van der Waals surface area contributed by atoms with Gasteiger partial charge in [-0.3, -0.25) is 9.59 Å². The summed E-state index contributed by atoms with van der Waals surface area (Å²) < 4.78 is 10.5. The van der Waals surface area contributed by atoms with Crippen LogP contribution in [0, 0.1) is 17.8 Å². The normalized spacial score (nSPS) is 12.2. The van der Waals surface area contributed by atoms with Gasteiger partial charge < -0.3 is 64.1 Å². The van der Waals surface area contributed by atoms with Crippen LogP contribution in [-0.4, -0.2) is 128 Å². The molecule has 0 amide bonds. The molecule has 0 saturated carbocycles. The first-order valence-electron chi connectivity index (χ1n) is 53.2. The lowest BCUT2D eigenvalue weighted by molar-refractivity contribution is -0.858. The van der Waals surface area contributed by atoms with Gasteiger partial charge in [-0.15, -0.1) is 0 Å². The second kappa shape index (κ2) is 114. The smallest absolute Gasteiger partial charge is 0.303 e. The molecular weight excluding hydrogens is 1530 g/mol. The van der Waals surface area contributed by atoms with E-state index < -0.39 is 29.8 Å². The SMILES string of the molecule is CCCCCCCC/C(=C/CCCCCCCC(=O)O)C(CCCCCCC)C(CCCCCCCC(=O)O)C(CCCCCCCC)CCCCCCCCC(=O)[O-].CCCCCCCC/C=C\CCCCCCCC(=O)[O-].CCCCCCCC/C=C\CCCCCCCC(=O)[O-].CCCOCC[NH+](C)C.CCCOCC[NH+](C)C.CCC[NH+](C)C. The molecule has 0 aromatic heterocycles. The molecule has 0 bridgehead atoms. The van der Waals surface area contributed by atoms with Crippen molar-refractivity contribution in [2.24, 2.45) is 17.8 Å². The molecule has 5 N–H and O–H groups in total. The van der Waals surface area contributed by atoms with E-state index in [4.69, 9.17) is 14.6 Å². The van der Waals surface area contributed by atoms with Crippen LogP contribution in [0.3, 0.4) is 0 Å². The fourth-order valence-corrected chi connectivity index (χ4v) is 15.7. The Kier molecular flexibility index (Phi) is 121. The number of allylic oxidation sites excluding steroid dienone is 6. The van der Waals surface area contributed by atoms with Gasteiger partial charge in [0.15, 0.2) is 0 Å². The van der Waals surface area contributed by atoms with Gasteiger partial charge in [0, 0.05) is 44.0 Å². The number of quaternary nitrogens is 3. The summed E-state index contributed by atoms with van der Waals surface area (Å²) in [6.07, 6.45) is 96.3. The number of hydrogen-bond donors (Lipinski definition) is 5. The molecule has 0 aliphatic carbocycles. The van der Waals surface area contributed by atoms with Crippen LogP contribution in [-0.2, 0) is 33.4 Å². The highest BCUT2D eigenvalue weighted by molar-refractivity contribution is 5.67. The van der Waals surface area contributed by atoms with E-state index >= 15 is 0 Å². The number of rotatable bonds is 90. The fraction of sp³-hybridized carbons (Fsp3) is 0.898. The highest BCUT2D eigenvalue weighted by atomic mass is 16.5. The van der Waals surface area contributed by atoms with Gasteiger partial charge in [0.1, 0.15) is 13.1 Å². The number of carbonyl (C=O) groups is 5. The van der Waals surface area contributed by atoms with Crippen molar-refractivity contribution in [1.29, 1.82) is 0 Å². The first-order chi connectivity index (χ1) is 59.6. The van der Waals surface area contributed by atoms with Crippen LogP contribution in [0.4, 0.5) is 0 Å². The maximum Gasteiger partial charge on any atom is 0.303 e. The molecule has 0 aromatic rings. The van der Waals surface area contributed by atoms with Crippen LogP contribution in [0.2, 0.25) is 0 Å². The van der Waals surface area contributed by atoms with Crippen molar-refractivity contribution in [1.82, 2.24) is 0 Å². The summed E-state index contributed by atoms with van der Waals surface area (Å²) in [6.45, 7) is 25.0. The van der Waals surface area contributed by atoms with Gasteiger partial charge in [-0.05, 0) is 178 Å². The molecule has 0 rings (SSSR count). The van der Waals surface area contributed by atoms with Crippen molar-refractivity contribution in [3.63, 3.8) is 0 Å². The topological polar surface area (TPSA) is 227 Å². The van der Waals surface area contributed by atoms with E-state index in [9.17, 15) is 44.4 Å². The Morgan fingerprint density at radius 1 is 0.260 bits per heavy atom. The van der Waals surface area contributed by atoms with Crippen LogP contribution in [0.5, 0.6) is 0 Å². The van der Waals surface area contributed by atoms with Crippen molar-refractivity contribution in [2.45, 2.75) is 524 Å². The maximum atomic E-state index is 11.2.